The summed E-state index contributed by atoms with van der Waals surface area (Å²) < 4.78 is 24.4. The number of nitro groups is 1. The van der Waals surface area contributed by atoms with Crippen molar-refractivity contribution < 1.29 is 13.3 Å². The predicted octanol–water partition coefficient (Wildman–Crippen LogP) is 1.58. The Morgan fingerprint density at radius 2 is 1.81 bits per heavy atom. The smallest absolute Gasteiger partial charge is 0.272 e. The van der Waals surface area contributed by atoms with Gasteiger partial charge < -0.3 is 0 Å². The minimum Gasteiger partial charge on any atom is -0.283 e. The van der Waals surface area contributed by atoms with Gasteiger partial charge in [-0.15, -0.1) is 0 Å². The van der Waals surface area contributed by atoms with Crippen LogP contribution in [0.4, 0.5) is 11.4 Å². The van der Waals surface area contributed by atoms with Gasteiger partial charge in [-0.3, -0.25) is 14.8 Å². The summed E-state index contributed by atoms with van der Waals surface area (Å²) >= 11 is 0. The van der Waals surface area contributed by atoms with E-state index >= 15 is 0 Å². The van der Waals surface area contributed by atoms with Crippen LogP contribution in [0.2, 0.25) is 0 Å². The van der Waals surface area contributed by atoms with E-state index in [0.717, 1.165) is 6.26 Å². The van der Waals surface area contributed by atoms with Crippen molar-refractivity contribution in [2.45, 2.75) is 13.8 Å². The van der Waals surface area contributed by atoms with Crippen molar-refractivity contribution in [2.75, 3.05) is 11.0 Å². The molecule has 1 N–H and O–H groups in total. The summed E-state index contributed by atoms with van der Waals surface area (Å²) in [5.74, 6) is 0. The first-order valence-electron chi connectivity index (χ1n) is 4.44. The fourth-order valence-corrected chi connectivity index (χ4v) is 1.93. The molecule has 1 aromatic carbocycles. The highest BCUT2D eigenvalue weighted by Crippen LogP contribution is 2.26. The van der Waals surface area contributed by atoms with E-state index in [4.69, 9.17) is 0 Å². The third kappa shape index (κ3) is 2.93. The van der Waals surface area contributed by atoms with Crippen molar-refractivity contribution in [3.05, 3.63) is 33.4 Å². The van der Waals surface area contributed by atoms with E-state index < -0.39 is 14.9 Å². The molecule has 0 radical (unpaired) electrons. The fourth-order valence-electron chi connectivity index (χ4n) is 1.31. The molecule has 0 fully saturated rings. The summed E-state index contributed by atoms with van der Waals surface area (Å²) in [6.07, 6.45) is 1.03. The molecule has 0 unspecified atom stereocenters. The van der Waals surface area contributed by atoms with Gasteiger partial charge in [0.1, 0.15) is 0 Å². The second kappa shape index (κ2) is 4.09. The van der Waals surface area contributed by atoms with Crippen molar-refractivity contribution in [3.63, 3.8) is 0 Å². The number of benzene rings is 1. The Balaban J connectivity index is 3.26. The number of nitrogens with one attached hydrogen (secondary N) is 1. The topological polar surface area (TPSA) is 89.3 Å². The highest BCUT2D eigenvalue weighted by Gasteiger charge is 2.14. The van der Waals surface area contributed by atoms with Gasteiger partial charge in [0.2, 0.25) is 10.0 Å². The molecule has 0 bridgehead atoms. The maximum atomic E-state index is 11.0. The Labute approximate surface area is 93.5 Å². The van der Waals surface area contributed by atoms with E-state index in [-0.39, 0.29) is 5.69 Å². The zero-order chi connectivity index (χ0) is 12.5. The molecular weight excluding hydrogens is 232 g/mol. The highest BCUT2D eigenvalue weighted by molar-refractivity contribution is 7.92. The number of hydrogen-bond donors (Lipinski definition) is 1. The van der Waals surface area contributed by atoms with Gasteiger partial charge in [-0.25, -0.2) is 8.42 Å². The predicted molar refractivity (Wildman–Crippen MR) is 61.0 cm³/mol. The van der Waals surface area contributed by atoms with E-state index in [9.17, 15) is 18.5 Å². The minimum absolute atomic E-state index is 0.0171. The Morgan fingerprint density at radius 3 is 2.25 bits per heavy atom. The van der Waals surface area contributed by atoms with Crippen LogP contribution in [0, 0.1) is 24.0 Å². The molecule has 16 heavy (non-hydrogen) atoms. The van der Waals surface area contributed by atoms with Gasteiger partial charge in [-0.2, -0.15) is 0 Å². The zero-order valence-electron chi connectivity index (χ0n) is 9.14. The van der Waals surface area contributed by atoms with Crippen LogP contribution >= 0.6 is 0 Å². The van der Waals surface area contributed by atoms with Crippen molar-refractivity contribution in [2.24, 2.45) is 0 Å². The molecule has 0 saturated heterocycles. The number of nitro benzene ring substituents is 1. The molecular formula is C9H12N2O4S. The van der Waals surface area contributed by atoms with Crippen LogP contribution in [0.5, 0.6) is 0 Å². The standard InChI is InChI=1S/C9H12N2O4S/c1-6-5-9(11(12)13)7(2)4-8(6)10-16(3,14)15/h4-5,10H,1-3H3. The number of hydrogen-bond acceptors (Lipinski definition) is 4. The van der Waals surface area contributed by atoms with Crippen LogP contribution < -0.4 is 4.72 Å². The summed E-state index contributed by atoms with van der Waals surface area (Å²) in [7, 11) is -3.37. The molecule has 1 aromatic rings. The number of rotatable bonds is 3. The largest absolute Gasteiger partial charge is 0.283 e. The van der Waals surface area contributed by atoms with E-state index in [1.54, 1.807) is 13.8 Å². The van der Waals surface area contributed by atoms with Crippen molar-refractivity contribution in [1.82, 2.24) is 0 Å². The van der Waals surface area contributed by atoms with Gasteiger partial charge in [-0.1, -0.05) is 0 Å². The van der Waals surface area contributed by atoms with Crippen LogP contribution in [-0.2, 0) is 10.0 Å². The molecule has 0 aromatic heterocycles. The average Bonchev–Trinajstić information content (AvgIpc) is 2.07. The molecule has 0 atom stereocenters. The quantitative estimate of drug-likeness (QED) is 0.645. The Bertz CT molecular complexity index is 537. The lowest BCUT2D eigenvalue weighted by molar-refractivity contribution is -0.385. The summed E-state index contributed by atoms with van der Waals surface area (Å²) in [5.41, 5.74) is 1.28. The van der Waals surface area contributed by atoms with Gasteiger partial charge in [0.15, 0.2) is 0 Å². The lowest BCUT2D eigenvalue weighted by atomic mass is 10.1. The first-order valence-corrected chi connectivity index (χ1v) is 6.33. The number of aryl methyl sites for hydroxylation is 2. The zero-order valence-corrected chi connectivity index (χ0v) is 9.96. The van der Waals surface area contributed by atoms with E-state index in [1.807, 2.05) is 0 Å². The lowest BCUT2D eigenvalue weighted by Crippen LogP contribution is -2.11. The molecule has 0 saturated carbocycles. The van der Waals surface area contributed by atoms with Crippen LogP contribution in [0.3, 0.4) is 0 Å². The number of nitrogens with zero attached hydrogens (tertiary/aromatic N) is 1. The summed E-state index contributed by atoms with van der Waals surface area (Å²) in [5, 5.41) is 10.6. The number of anilines is 1. The third-order valence-corrected chi connectivity index (χ3v) is 2.63. The number of sulfonamides is 1. The average molecular weight is 244 g/mol. The molecule has 88 valence electrons. The molecule has 6 nitrogen and oxygen atoms in total. The summed E-state index contributed by atoms with van der Waals surface area (Å²) in [4.78, 5) is 10.1. The van der Waals surface area contributed by atoms with E-state index in [0.29, 0.717) is 16.8 Å². The van der Waals surface area contributed by atoms with Crippen LogP contribution in [0.1, 0.15) is 11.1 Å². The first kappa shape index (κ1) is 12.4. The third-order valence-electron chi connectivity index (χ3n) is 2.03. The van der Waals surface area contributed by atoms with Gasteiger partial charge in [0.05, 0.1) is 16.9 Å². The van der Waals surface area contributed by atoms with Crippen LogP contribution in [-0.4, -0.2) is 19.6 Å². The molecule has 0 aliphatic heterocycles. The molecule has 7 heteroatoms. The first-order chi connectivity index (χ1) is 7.20. The Kier molecular flexibility index (Phi) is 3.18. The van der Waals surface area contributed by atoms with Crippen molar-refractivity contribution in [1.29, 1.82) is 0 Å². The second-order valence-electron chi connectivity index (χ2n) is 3.58. The Morgan fingerprint density at radius 1 is 1.25 bits per heavy atom. The lowest BCUT2D eigenvalue weighted by Gasteiger charge is -2.08. The second-order valence-corrected chi connectivity index (χ2v) is 5.33. The Hall–Kier alpha value is -1.63. The minimum atomic E-state index is -3.37. The maximum absolute atomic E-state index is 11.0. The molecule has 0 aliphatic carbocycles. The van der Waals surface area contributed by atoms with Gasteiger partial charge in [0, 0.05) is 11.6 Å². The summed E-state index contributed by atoms with van der Waals surface area (Å²) in [6.45, 7) is 3.17. The van der Waals surface area contributed by atoms with Crippen molar-refractivity contribution in [3.8, 4) is 0 Å². The molecule has 0 amide bonds. The highest BCUT2D eigenvalue weighted by atomic mass is 32.2. The fraction of sp³-hybridized carbons (Fsp3) is 0.333. The normalized spacial score (nSPS) is 11.2. The maximum Gasteiger partial charge on any atom is 0.272 e. The summed E-state index contributed by atoms with van der Waals surface area (Å²) in [6, 6.07) is 2.80. The molecule has 0 spiro atoms. The molecule has 0 aliphatic rings. The van der Waals surface area contributed by atoms with Crippen molar-refractivity contribution >= 4 is 21.4 Å². The molecule has 0 heterocycles. The SMILES string of the molecule is Cc1cc([N+](=O)[O-])c(C)cc1NS(C)(=O)=O. The van der Waals surface area contributed by atoms with E-state index in [2.05, 4.69) is 4.72 Å². The molecule has 1 rings (SSSR count). The van der Waals surface area contributed by atoms with Gasteiger partial charge in [-0.05, 0) is 25.5 Å². The monoisotopic (exact) mass is 244 g/mol. The van der Waals surface area contributed by atoms with Crippen LogP contribution in [0.25, 0.3) is 0 Å². The van der Waals surface area contributed by atoms with Crippen LogP contribution in [0.15, 0.2) is 12.1 Å². The van der Waals surface area contributed by atoms with Gasteiger partial charge in [0.25, 0.3) is 5.69 Å². The van der Waals surface area contributed by atoms with Gasteiger partial charge >= 0.3 is 0 Å². The van der Waals surface area contributed by atoms with E-state index in [1.165, 1.54) is 12.1 Å².